The van der Waals surface area contributed by atoms with E-state index in [1.165, 1.54) is 0 Å². The minimum atomic E-state index is 0.0293. The first kappa shape index (κ1) is 18.2. The molecule has 4 rings (SSSR count). The van der Waals surface area contributed by atoms with Crippen molar-refractivity contribution in [2.45, 2.75) is 32.2 Å². The van der Waals surface area contributed by atoms with Crippen molar-refractivity contribution in [3.8, 4) is 0 Å². The molecule has 2 amide bonds. The van der Waals surface area contributed by atoms with Gasteiger partial charge < -0.3 is 15.2 Å². The monoisotopic (exact) mass is 376 g/mol. The van der Waals surface area contributed by atoms with Gasteiger partial charge in [0.05, 0.1) is 6.42 Å². The van der Waals surface area contributed by atoms with Gasteiger partial charge in [-0.3, -0.25) is 14.6 Å². The molecule has 0 atom stereocenters. The molecular formula is C22H24N4O2. The summed E-state index contributed by atoms with van der Waals surface area (Å²) in [5.41, 5.74) is 3.81. The van der Waals surface area contributed by atoms with E-state index in [4.69, 9.17) is 0 Å². The zero-order valence-corrected chi connectivity index (χ0v) is 15.9. The fourth-order valence-electron chi connectivity index (χ4n) is 3.91. The number of para-hydroxylation sites is 1. The molecule has 6 heteroatoms. The molecule has 0 saturated carbocycles. The molecule has 1 fully saturated rings. The minimum absolute atomic E-state index is 0.0293. The molecule has 144 valence electrons. The predicted octanol–water partition coefficient (Wildman–Crippen LogP) is 2.83. The number of rotatable bonds is 4. The molecule has 0 radical (unpaired) electrons. The number of aryl methyl sites for hydroxylation is 1. The molecule has 2 N–H and O–H groups in total. The van der Waals surface area contributed by atoms with Crippen molar-refractivity contribution >= 4 is 22.7 Å². The summed E-state index contributed by atoms with van der Waals surface area (Å²) < 4.78 is 0. The van der Waals surface area contributed by atoms with E-state index in [1.807, 2.05) is 36.1 Å². The number of aromatic amines is 1. The molecular weight excluding hydrogens is 352 g/mol. The third kappa shape index (κ3) is 3.76. The number of piperidine rings is 1. The SMILES string of the molecule is Cc1[nH]c2ccccc2c1CC(=O)NC1CCN(C(=O)c2ccncc2)CC1. The molecule has 0 unspecified atom stereocenters. The first-order valence-electron chi connectivity index (χ1n) is 9.66. The average molecular weight is 376 g/mol. The number of H-pyrrole nitrogens is 1. The van der Waals surface area contributed by atoms with Gasteiger partial charge in [0, 0.05) is 53.7 Å². The average Bonchev–Trinajstić information content (AvgIpc) is 3.04. The van der Waals surface area contributed by atoms with Crippen molar-refractivity contribution in [3.63, 3.8) is 0 Å². The number of nitrogens with one attached hydrogen (secondary N) is 2. The summed E-state index contributed by atoms with van der Waals surface area (Å²) in [5.74, 6) is 0.0633. The highest BCUT2D eigenvalue weighted by molar-refractivity contribution is 5.94. The first-order chi connectivity index (χ1) is 13.6. The molecule has 28 heavy (non-hydrogen) atoms. The zero-order valence-electron chi connectivity index (χ0n) is 15.9. The number of pyridine rings is 1. The van der Waals surface area contributed by atoms with E-state index in [1.54, 1.807) is 24.5 Å². The number of aromatic nitrogens is 2. The molecule has 0 spiro atoms. The van der Waals surface area contributed by atoms with Crippen molar-refractivity contribution in [2.24, 2.45) is 0 Å². The maximum absolute atomic E-state index is 12.6. The summed E-state index contributed by atoms with van der Waals surface area (Å²) in [4.78, 5) is 34.3. The Kier molecular flexibility index (Phi) is 5.10. The molecule has 3 aromatic rings. The number of likely N-dealkylation sites (tertiary alicyclic amines) is 1. The Hall–Kier alpha value is -3.15. The molecule has 1 aliphatic heterocycles. The Balaban J connectivity index is 1.33. The lowest BCUT2D eigenvalue weighted by Crippen LogP contribution is -2.46. The van der Waals surface area contributed by atoms with Gasteiger partial charge in [-0.2, -0.15) is 0 Å². The Bertz CT molecular complexity index is 988. The normalized spacial score (nSPS) is 15.0. The van der Waals surface area contributed by atoms with Crippen molar-refractivity contribution in [2.75, 3.05) is 13.1 Å². The number of hydrogen-bond donors (Lipinski definition) is 2. The van der Waals surface area contributed by atoms with Gasteiger partial charge in [-0.15, -0.1) is 0 Å². The standard InChI is InChI=1S/C22H24N4O2/c1-15-19(18-4-2-3-5-20(18)24-15)14-21(27)25-17-8-12-26(13-9-17)22(28)16-6-10-23-11-7-16/h2-7,10-11,17,24H,8-9,12-14H2,1H3,(H,25,27). The van der Waals surface area contributed by atoms with Crippen LogP contribution in [0.15, 0.2) is 48.8 Å². The number of carbonyl (C=O) groups is 2. The lowest BCUT2D eigenvalue weighted by Gasteiger charge is -2.32. The van der Waals surface area contributed by atoms with Crippen molar-refractivity contribution in [3.05, 3.63) is 65.6 Å². The fraction of sp³-hybridized carbons (Fsp3) is 0.318. The Morgan fingerprint density at radius 1 is 1.14 bits per heavy atom. The summed E-state index contributed by atoms with van der Waals surface area (Å²) in [5, 5.41) is 4.25. The number of benzene rings is 1. The van der Waals surface area contributed by atoms with E-state index in [0.717, 1.165) is 35.0 Å². The Morgan fingerprint density at radius 2 is 1.86 bits per heavy atom. The number of fused-ring (bicyclic) bond motifs is 1. The predicted molar refractivity (Wildman–Crippen MR) is 108 cm³/mol. The van der Waals surface area contributed by atoms with Gasteiger partial charge in [-0.25, -0.2) is 0 Å². The van der Waals surface area contributed by atoms with Crippen LogP contribution in [0.1, 0.15) is 34.5 Å². The smallest absolute Gasteiger partial charge is 0.253 e. The van der Waals surface area contributed by atoms with Gasteiger partial charge in [0.2, 0.25) is 5.91 Å². The van der Waals surface area contributed by atoms with E-state index in [0.29, 0.717) is 25.1 Å². The van der Waals surface area contributed by atoms with E-state index >= 15 is 0 Å². The lowest BCUT2D eigenvalue weighted by molar-refractivity contribution is -0.121. The fourth-order valence-corrected chi connectivity index (χ4v) is 3.91. The molecule has 1 aliphatic rings. The second kappa shape index (κ2) is 7.84. The van der Waals surface area contributed by atoms with Crippen LogP contribution in [-0.2, 0) is 11.2 Å². The minimum Gasteiger partial charge on any atom is -0.358 e. The van der Waals surface area contributed by atoms with Crippen LogP contribution in [0, 0.1) is 6.92 Å². The third-order valence-corrected chi connectivity index (χ3v) is 5.44. The maximum atomic E-state index is 12.6. The van der Waals surface area contributed by atoms with Crippen molar-refractivity contribution in [1.82, 2.24) is 20.2 Å². The highest BCUT2D eigenvalue weighted by Crippen LogP contribution is 2.22. The number of carbonyl (C=O) groups excluding carboxylic acids is 2. The zero-order chi connectivity index (χ0) is 19.5. The number of nitrogens with zero attached hydrogens (tertiary/aromatic N) is 2. The summed E-state index contributed by atoms with van der Waals surface area (Å²) in [6, 6.07) is 11.6. The van der Waals surface area contributed by atoms with Gasteiger partial charge in [-0.05, 0) is 43.5 Å². The van der Waals surface area contributed by atoms with Crippen LogP contribution in [0.25, 0.3) is 10.9 Å². The van der Waals surface area contributed by atoms with Gasteiger partial charge in [0.25, 0.3) is 5.91 Å². The highest BCUT2D eigenvalue weighted by Gasteiger charge is 2.25. The van der Waals surface area contributed by atoms with Crippen LogP contribution in [0.2, 0.25) is 0 Å². The van der Waals surface area contributed by atoms with Crippen LogP contribution in [-0.4, -0.2) is 45.8 Å². The van der Waals surface area contributed by atoms with E-state index in [9.17, 15) is 9.59 Å². The number of hydrogen-bond acceptors (Lipinski definition) is 3. The van der Waals surface area contributed by atoms with E-state index < -0.39 is 0 Å². The molecule has 6 nitrogen and oxygen atoms in total. The molecule has 2 aromatic heterocycles. The lowest BCUT2D eigenvalue weighted by atomic mass is 10.0. The third-order valence-electron chi connectivity index (χ3n) is 5.44. The quantitative estimate of drug-likeness (QED) is 0.735. The molecule has 1 aromatic carbocycles. The number of amides is 2. The van der Waals surface area contributed by atoms with Crippen LogP contribution in [0.3, 0.4) is 0 Å². The van der Waals surface area contributed by atoms with Crippen LogP contribution >= 0.6 is 0 Å². The van der Waals surface area contributed by atoms with Crippen LogP contribution in [0.4, 0.5) is 0 Å². The van der Waals surface area contributed by atoms with Gasteiger partial charge in [0.15, 0.2) is 0 Å². The molecule has 0 aliphatic carbocycles. The highest BCUT2D eigenvalue weighted by atomic mass is 16.2. The van der Waals surface area contributed by atoms with Gasteiger partial charge in [-0.1, -0.05) is 18.2 Å². The molecule has 0 bridgehead atoms. The van der Waals surface area contributed by atoms with Crippen LogP contribution < -0.4 is 5.32 Å². The Morgan fingerprint density at radius 3 is 2.61 bits per heavy atom. The molecule has 3 heterocycles. The van der Waals surface area contributed by atoms with E-state index in [-0.39, 0.29) is 17.9 Å². The maximum Gasteiger partial charge on any atom is 0.253 e. The summed E-state index contributed by atoms with van der Waals surface area (Å²) in [6.07, 6.45) is 5.18. The van der Waals surface area contributed by atoms with E-state index in [2.05, 4.69) is 15.3 Å². The second-order valence-corrected chi connectivity index (χ2v) is 7.32. The summed E-state index contributed by atoms with van der Waals surface area (Å²) in [6.45, 7) is 3.31. The van der Waals surface area contributed by atoms with Gasteiger partial charge in [0.1, 0.15) is 0 Å². The largest absolute Gasteiger partial charge is 0.358 e. The summed E-state index contributed by atoms with van der Waals surface area (Å²) >= 11 is 0. The second-order valence-electron chi connectivity index (χ2n) is 7.32. The van der Waals surface area contributed by atoms with Crippen molar-refractivity contribution in [1.29, 1.82) is 0 Å². The van der Waals surface area contributed by atoms with Gasteiger partial charge >= 0.3 is 0 Å². The topological polar surface area (TPSA) is 78.1 Å². The van der Waals surface area contributed by atoms with Crippen LogP contribution in [0.5, 0.6) is 0 Å². The first-order valence-corrected chi connectivity index (χ1v) is 9.66. The Labute approximate surface area is 164 Å². The summed E-state index contributed by atoms with van der Waals surface area (Å²) in [7, 11) is 0. The molecule has 1 saturated heterocycles. The van der Waals surface area contributed by atoms with Crippen molar-refractivity contribution < 1.29 is 9.59 Å².